The lowest BCUT2D eigenvalue weighted by atomic mass is 10.3. The van der Waals surface area contributed by atoms with E-state index in [0.717, 1.165) is 13.1 Å². The second kappa shape index (κ2) is 6.20. The van der Waals surface area contributed by atoms with Gasteiger partial charge in [0.25, 0.3) is 0 Å². The number of piperazine rings is 1. The molecule has 0 aliphatic carbocycles. The van der Waals surface area contributed by atoms with Crippen LogP contribution in [0.1, 0.15) is 0 Å². The molecule has 1 saturated heterocycles. The molecule has 2 rings (SSSR count). The van der Waals surface area contributed by atoms with Gasteiger partial charge in [-0.05, 0) is 6.07 Å². The summed E-state index contributed by atoms with van der Waals surface area (Å²) in [6, 6.07) is 3.96. The van der Waals surface area contributed by atoms with Gasteiger partial charge in [-0.1, -0.05) is 0 Å². The molecule has 0 spiro atoms. The second-order valence-corrected chi connectivity index (χ2v) is 4.20. The monoisotopic (exact) mass is 281 g/mol. The first-order valence-corrected chi connectivity index (χ1v) is 6.11. The first-order chi connectivity index (χ1) is 9.61. The molecule has 8 nitrogen and oxygen atoms in total. The number of nitro benzene ring substituents is 1. The van der Waals surface area contributed by atoms with Crippen molar-refractivity contribution in [1.29, 1.82) is 0 Å². The summed E-state index contributed by atoms with van der Waals surface area (Å²) in [7, 11) is 1.32. The van der Waals surface area contributed by atoms with Crippen molar-refractivity contribution < 1.29 is 19.2 Å². The second-order valence-electron chi connectivity index (χ2n) is 4.20. The van der Waals surface area contributed by atoms with Gasteiger partial charge in [0, 0.05) is 38.3 Å². The van der Waals surface area contributed by atoms with Gasteiger partial charge in [-0.25, -0.2) is 4.79 Å². The van der Waals surface area contributed by atoms with E-state index in [-0.39, 0.29) is 17.2 Å². The molecule has 0 saturated carbocycles. The van der Waals surface area contributed by atoms with Crippen LogP contribution in [0.2, 0.25) is 0 Å². The Bertz CT molecular complexity index is 514. The third-order valence-electron chi connectivity index (χ3n) is 2.93. The van der Waals surface area contributed by atoms with Gasteiger partial charge in [0.05, 0.1) is 12.0 Å². The Morgan fingerprint density at radius 2 is 2.10 bits per heavy atom. The number of hydrogen-bond donors (Lipinski definition) is 1. The summed E-state index contributed by atoms with van der Waals surface area (Å²) < 4.78 is 10.1. The van der Waals surface area contributed by atoms with Crippen molar-refractivity contribution in [2.75, 3.05) is 33.3 Å². The average molecular weight is 281 g/mol. The molecule has 1 amide bonds. The highest BCUT2D eigenvalue weighted by Crippen LogP contribution is 2.30. The van der Waals surface area contributed by atoms with E-state index in [2.05, 4.69) is 5.32 Å². The van der Waals surface area contributed by atoms with Crippen molar-refractivity contribution in [3.05, 3.63) is 28.3 Å². The van der Waals surface area contributed by atoms with Crippen LogP contribution in [0.4, 0.5) is 10.5 Å². The number of nitrogens with zero attached hydrogens (tertiary/aromatic N) is 2. The van der Waals surface area contributed by atoms with Gasteiger partial charge in [-0.2, -0.15) is 0 Å². The van der Waals surface area contributed by atoms with Gasteiger partial charge in [-0.15, -0.1) is 0 Å². The van der Waals surface area contributed by atoms with Crippen LogP contribution in [0.15, 0.2) is 18.2 Å². The van der Waals surface area contributed by atoms with E-state index < -0.39 is 11.0 Å². The number of nitrogens with one attached hydrogen (secondary N) is 1. The number of ether oxygens (including phenoxy) is 2. The molecule has 1 heterocycles. The molecule has 1 aliphatic rings. The van der Waals surface area contributed by atoms with Crippen LogP contribution >= 0.6 is 0 Å². The van der Waals surface area contributed by atoms with Crippen LogP contribution in [0, 0.1) is 10.1 Å². The SMILES string of the molecule is COc1cc(OC(=O)N2CCNCC2)ccc1[N+](=O)[O-]. The molecular weight excluding hydrogens is 266 g/mol. The largest absolute Gasteiger partial charge is 0.490 e. The molecule has 0 bridgehead atoms. The first kappa shape index (κ1) is 14.1. The Morgan fingerprint density at radius 1 is 1.40 bits per heavy atom. The van der Waals surface area contributed by atoms with E-state index in [1.54, 1.807) is 4.90 Å². The van der Waals surface area contributed by atoms with Crippen LogP contribution < -0.4 is 14.8 Å². The summed E-state index contributed by atoms with van der Waals surface area (Å²) in [5.74, 6) is 0.275. The maximum absolute atomic E-state index is 11.9. The zero-order valence-electron chi connectivity index (χ0n) is 11.0. The van der Waals surface area contributed by atoms with Gasteiger partial charge < -0.3 is 19.7 Å². The maximum Gasteiger partial charge on any atom is 0.415 e. The van der Waals surface area contributed by atoms with E-state index in [9.17, 15) is 14.9 Å². The van der Waals surface area contributed by atoms with E-state index in [1.807, 2.05) is 0 Å². The van der Waals surface area contributed by atoms with Gasteiger partial charge in [0.15, 0.2) is 0 Å². The number of carbonyl (C=O) groups is 1. The Balaban J connectivity index is 2.09. The zero-order chi connectivity index (χ0) is 14.5. The third-order valence-corrected chi connectivity index (χ3v) is 2.93. The van der Waals surface area contributed by atoms with Crippen LogP contribution in [-0.4, -0.2) is 49.2 Å². The Hall–Kier alpha value is -2.35. The van der Waals surface area contributed by atoms with Gasteiger partial charge in [0.2, 0.25) is 5.75 Å². The van der Waals surface area contributed by atoms with Crippen molar-refractivity contribution in [3.8, 4) is 11.5 Å². The Labute approximate surface area is 115 Å². The van der Waals surface area contributed by atoms with E-state index >= 15 is 0 Å². The molecule has 1 N–H and O–H groups in total. The van der Waals surface area contributed by atoms with Gasteiger partial charge in [-0.3, -0.25) is 10.1 Å². The van der Waals surface area contributed by atoms with Crippen LogP contribution in [0.25, 0.3) is 0 Å². The molecule has 1 aromatic carbocycles. The minimum atomic E-state index is -0.555. The van der Waals surface area contributed by atoms with Crippen LogP contribution in [0.3, 0.4) is 0 Å². The van der Waals surface area contributed by atoms with E-state index in [4.69, 9.17) is 9.47 Å². The molecule has 0 aromatic heterocycles. The molecule has 108 valence electrons. The van der Waals surface area contributed by atoms with Crippen molar-refractivity contribution in [3.63, 3.8) is 0 Å². The summed E-state index contributed by atoms with van der Waals surface area (Å²) in [4.78, 5) is 23.7. The Morgan fingerprint density at radius 3 is 2.70 bits per heavy atom. The molecule has 20 heavy (non-hydrogen) atoms. The lowest BCUT2D eigenvalue weighted by Gasteiger charge is -2.26. The third kappa shape index (κ3) is 3.15. The fourth-order valence-corrected chi connectivity index (χ4v) is 1.89. The highest BCUT2D eigenvalue weighted by Gasteiger charge is 2.20. The normalized spacial score (nSPS) is 14.8. The molecule has 1 aromatic rings. The van der Waals surface area contributed by atoms with Gasteiger partial charge in [0.1, 0.15) is 5.75 Å². The van der Waals surface area contributed by atoms with Crippen molar-refractivity contribution >= 4 is 11.8 Å². The molecule has 0 radical (unpaired) electrons. The molecule has 8 heteroatoms. The molecule has 1 aliphatic heterocycles. The topological polar surface area (TPSA) is 93.9 Å². The Kier molecular flexibility index (Phi) is 4.36. The number of nitro groups is 1. The predicted molar refractivity (Wildman–Crippen MR) is 70.1 cm³/mol. The van der Waals surface area contributed by atoms with E-state index in [1.165, 1.54) is 25.3 Å². The standard InChI is InChI=1S/C12H15N3O5/c1-19-11-8-9(2-3-10(11)15(17)18)20-12(16)14-6-4-13-5-7-14/h2-3,8,13H,4-7H2,1H3. The number of benzene rings is 1. The van der Waals surface area contributed by atoms with Crippen LogP contribution in [-0.2, 0) is 0 Å². The smallest absolute Gasteiger partial charge is 0.415 e. The average Bonchev–Trinajstić information content (AvgIpc) is 2.47. The lowest BCUT2D eigenvalue weighted by Crippen LogP contribution is -2.47. The van der Waals surface area contributed by atoms with E-state index in [0.29, 0.717) is 13.1 Å². The van der Waals surface area contributed by atoms with Gasteiger partial charge >= 0.3 is 11.8 Å². The zero-order valence-corrected chi connectivity index (χ0v) is 11.0. The number of rotatable bonds is 3. The molecule has 0 unspecified atom stereocenters. The maximum atomic E-state index is 11.9. The number of hydrogen-bond acceptors (Lipinski definition) is 6. The number of methoxy groups -OCH3 is 1. The quantitative estimate of drug-likeness (QED) is 0.656. The summed E-state index contributed by atoms with van der Waals surface area (Å²) in [5.41, 5.74) is -0.172. The summed E-state index contributed by atoms with van der Waals surface area (Å²) in [5, 5.41) is 13.9. The summed E-state index contributed by atoms with van der Waals surface area (Å²) in [6.07, 6.45) is -0.470. The highest BCUT2D eigenvalue weighted by molar-refractivity contribution is 5.71. The van der Waals surface area contributed by atoms with Crippen molar-refractivity contribution in [1.82, 2.24) is 10.2 Å². The van der Waals surface area contributed by atoms with Crippen LogP contribution in [0.5, 0.6) is 11.5 Å². The minimum Gasteiger partial charge on any atom is -0.490 e. The fraction of sp³-hybridized carbons (Fsp3) is 0.417. The summed E-state index contributed by atoms with van der Waals surface area (Å²) in [6.45, 7) is 2.59. The summed E-state index contributed by atoms with van der Waals surface area (Å²) >= 11 is 0. The lowest BCUT2D eigenvalue weighted by molar-refractivity contribution is -0.385. The molecular formula is C12H15N3O5. The number of amides is 1. The highest BCUT2D eigenvalue weighted by atomic mass is 16.6. The van der Waals surface area contributed by atoms with Crippen molar-refractivity contribution in [2.45, 2.75) is 0 Å². The number of carbonyl (C=O) groups excluding carboxylic acids is 1. The first-order valence-electron chi connectivity index (χ1n) is 6.11. The fourth-order valence-electron chi connectivity index (χ4n) is 1.89. The van der Waals surface area contributed by atoms with Crippen molar-refractivity contribution in [2.24, 2.45) is 0 Å². The predicted octanol–water partition coefficient (Wildman–Crippen LogP) is 1.01. The molecule has 1 fully saturated rings. The molecule has 0 atom stereocenters. The minimum absolute atomic E-state index is 0.0561.